The van der Waals surface area contributed by atoms with Crippen molar-refractivity contribution in [2.24, 2.45) is 5.92 Å². The topological polar surface area (TPSA) is 126 Å². The van der Waals surface area contributed by atoms with Crippen LogP contribution in [0.1, 0.15) is 103 Å². The van der Waals surface area contributed by atoms with Gasteiger partial charge in [-0.05, 0) is 102 Å². The Morgan fingerprint density at radius 3 is 2.38 bits per heavy atom. The van der Waals surface area contributed by atoms with Crippen molar-refractivity contribution in [1.29, 1.82) is 0 Å². The molecule has 1 fully saturated rings. The van der Waals surface area contributed by atoms with Crippen LogP contribution in [0.3, 0.4) is 0 Å². The Bertz CT molecular complexity index is 1860. The first-order chi connectivity index (χ1) is 25.9. The van der Waals surface area contributed by atoms with Crippen LogP contribution in [0, 0.1) is 11.9 Å². The third-order valence-corrected chi connectivity index (χ3v) is 10.5. The summed E-state index contributed by atoms with van der Waals surface area (Å²) in [6.07, 6.45) is 4.54. The van der Waals surface area contributed by atoms with Gasteiger partial charge < -0.3 is 24.6 Å². The molecule has 55 heavy (non-hydrogen) atoms. The van der Waals surface area contributed by atoms with E-state index in [1.165, 1.54) is 6.07 Å². The minimum atomic E-state index is -0.819. The number of rotatable bonds is 11. The molecule has 13 heteroatoms. The van der Waals surface area contributed by atoms with Crippen molar-refractivity contribution in [2.75, 3.05) is 25.0 Å². The van der Waals surface area contributed by atoms with E-state index in [9.17, 15) is 18.8 Å². The van der Waals surface area contributed by atoms with Gasteiger partial charge in [0.05, 0.1) is 5.56 Å². The predicted octanol–water partition coefficient (Wildman–Crippen LogP) is 8.92. The SMILES string of the molecule is CC(C)(C)OC(=O)N1CC(CCC(Nc2cccc(SNC(=O)c3ccc(C(C)(C)C)nc3F)n2)C2=CCN(C(=O)OCc3ccccc3)CC2)CC1(C)C. The van der Waals surface area contributed by atoms with Crippen LogP contribution in [0.25, 0.3) is 0 Å². The third kappa shape index (κ3) is 11.7. The summed E-state index contributed by atoms with van der Waals surface area (Å²) in [5.74, 6) is -0.551. The van der Waals surface area contributed by atoms with E-state index in [0.29, 0.717) is 42.6 Å². The van der Waals surface area contributed by atoms with Crippen molar-refractivity contribution in [3.8, 4) is 0 Å². The van der Waals surface area contributed by atoms with E-state index in [1.54, 1.807) is 17.0 Å². The van der Waals surface area contributed by atoms with Crippen LogP contribution in [0.5, 0.6) is 0 Å². The van der Waals surface area contributed by atoms with Crippen LogP contribution in [-0.2, 0) is 21.5 Å². The standard InChI is InChI=1S/C42H55FN6O5S/c1-40(2,3)33-20-18-31(36(43)45-33)37(50)47-55-35-16-12-15-34(46-35)44-32(19-17-29-25-42(7,8)49(26-29)39(52)54-41(4,5)6)30-21-23-48(24-22-30)38(51)53-27-28-13-10-9-11-14-28/h9-16,18,20-21,29,32H,17,19,22-27H2,1-8H3,(H,44,46)(H,47,50). The minimum absolute atomic E-state index is 0.106. The maximum absolute atomic E-state index is 14.8. The number of hydrogen-bond donors (Lipinski definition) is 2. The van der Waals surface area contributed by atoms with Crippen molar-refractivity contribution in [2.45, 2.75) is 115 Å². The fourth-order valence-corrected chi connectivity index (χ4v) is 7.45. The first kappa shape index (κ1) is 41.5. The second-order valence-electron chi connectivity index (χ2n) is 16.9. The van der Waals surface area contributed by atoms with Gasteiger partial charge in [-0.1, -0.05) is 63.2 Å². The first-order valence-corrected chi connectivity index (χ1v) is 19.7. The largest absolute Gasteiger partial charge is 0.445 e. The van der Waals surface area contributed by atoms with Crippen LogP contribution in [0.15, 0.2) is 77.3 Å². The fourth-order valence-electron chi connectivity index (χ4n) is 6.85. The highest BCUT2D eigenvalue weighted by Crippen LogP contribution is 2.37. The van der Waals surface area contributed by atoms with Gasteiger partial charge in [0, 0.05) is 54.3 Å². The quantitative estimate of drug-likeness (QED) is 0.112. The van der Waals surface area contributed by atoms with Gasteiger partial charge in [0.15, 0.2) is 0 Å². The normalized spacial score (nSPS) is 17.6. The molecule has 1 aromatic carbocycles. The lowest BCUT2D eigenvalue weighted by molar-refractivity contribution is 0.0130. The Balaban J connectivity index is 1.26. The number of halogens is 1. The number of amides is 3. The molecule has 0 aliphatic carbocycles. The Labute approximate surface area is 329 Å². The third-order valence-electron chi connectivity index (χ3n) is 9.75. The molecule has 3 amide bonds. The van der Waals surface area contributed by atoms with E-state index in [1.807, 2.05) is 88.9 Å². The van der Waals surface area contributed by atoms with Crippen LogP contribution >= 0.6 is 11.9 Å². The van der Waals surface area contributed by atoms with Crippen LogP contribution in [-0.4, -0.2) is 74.7 Å². The van der Waals surface area contributed by atoms with Gasteiger partial charge in [0.1, 0.15) is 23.1 Å². The Morgan fingerprint density at radius 2 is 1.73 bits per heavy atom. The fraction of sp³-hybridized carbons (Fsp3) is 0.500. The van der Waals surface area contributed by atoms with Crippen molar-refractivity contribution in [3.63, 3.8) is 0 Å². The monoisotopic (exact) mass is 774 g/mol. The van der Waals surface area contributed by atoms with E-state index >= 15 is 0 Å². The molecule has 0 bridgehead atoms. The molecule has 1 saturated heterocycles. The molecular formula is C42H55FN6O5S. The minimum Gasteiger partial charge on any atom is -0.445 e. The van der Waals surface area contributed by atoms with Gasteiger partial charge >= 0.3 is 12.2 Å². The van der Waals surface area contributed by atoms with Gasteiger partial charge in [-0.3, -0.25) is 9.52 Å². The van der Waals surface area contributed by atoms with Crippen molar-refractivity contribution >= 4 is 35.9 Å². The molecule has 5 rings (SSSR count). The molecule has 2 N–H and O–H groups in total. The van der Waals surface area contributed by atoms with Gasteiger partial charge in [0.2, 0.25) is 5.95 Å². The molecule has 2 aliphatic rings. The smallest absolute Gasteiger partial charge is 0.410 e. The molecule has 0 radical (unpaired) electrons. The van der Waals surface area contributed by atoms with E-state index in [4.69, 9.17) is 14.5 Å². The molecule has 4 heterocycles. The maximum Gasteiger partial charge on any atom is 0.410 e. The van der Waals surface area contributed by atoms with Crippen LogP contribution < -0.4 is 10.0 Å². The van der Waals surface area contributed by atoms with Gasteiger partial charge in [-0.25, -0.2) is 19.6 Å². The van der Waals surface area contributed by atoms with Crippen LogP contribution in [0.2, 0.25) is 0 Å². The summed E-state index contributed by atoms with van der Waals surface area (Å²) in [6, 6.07) is 18.1. The number of benzene rings is 1. The van der Waals surface area contributed by atoms with Gasteiger partial charge in [-0.2, -0.15) is 4.39 Å². The Kier molecular flexibility index (Phi) is 13.2. The predicted molar refractivity (Wildman–Crippen MR) is 213 cm³/mol. The van der Waals surface area contributed by atoms with E-state index < -0.39 is 17.5 Å². The molecule has 3 aromatic rings. The second-order valence-corrected chi connectivity index (χ2v) is 17.8. The lowest BCUT2D eigenvalue weighted by Crippen LogP contribution is -2.45. The first-order valence-electron chi connectivity index (χ1n) is 18.9. The number of carbonyl (C=O) groups is 3. The highest BCUT2D eigenvalue weighted by molar-refractivity contribution is 7.97. The number of nitrogens with zero attached hydrogens (tertiary/aromatic N) is 4. The number of hydrogen-bond acceptors (Lipinski definition) is 9. The summed E-state index contributed by atoms with van der Waals surface area (Å²) in [6.45, 7) is 17.3. The second kappa shape index (κ2) is 17.4. The molecule has 11 nitrogen and oxygen atoms in total. The summed E-state index contributed by atoms with van der Waals surface area (Å²) < 4.78 is 28.8. The van der Waals surface area contributed by atoms with Crippen molar-refractivity contribution in [1.82, 2.24) is 24.5 Å². The summed E-state index contributed by atoms with van der Waals surface area (Å²) in [5, 5.41) is 4.14. The average Bonchev–Trinajstić information content (AvgIpc) is 3.44. The van der Waals surface area contributed by atoms with Crippen LogP contribution in [0.4, 0.5) is 19.8 Å². The van der Waals surface area contributed by atoms with Gasteiger partial charge in [-0.15, -0.1) is 0 Å². The van der Waals surface area contributed by atoms with Crippen molar-refractivity contribution < 1.29 is 28.2 Å². The number of likely N-dealkylation sites (tertiary alicyclic amines) is 1. The molecule has 2 atom stereocenters. The van der Waals surface area contributed by atoms with Gasteiger partial charge in [0.25, 0.3) is 5.91 Å². The summed E-state index contributed by atoms with van der Waals surface area (Å²) in [7, 11) is 0. The Morgan fingerprint density at radius 1 is 0.982 bits per heavy atom. The van der Waals surface area contributed by atoms with Crippen molar-refractivity contribution in [3.05, 3.63) is 95.1 Å². The molecule has 2 aliphatic heterocycles. The number of anilines is 1. The lowest BCUT2D eigenvalue weighted by Gasteiger charge is -2.33. The number of aromatic nitrogens is 2. The zero-order valence-electron chi connectivity index (χ0n) is 33.3. The molecule has 296 valence electrons. The van der Waals surface area contributed by atoms with E-state index in [0.717, 1.165) is 42.3 Å². The maximum atomic E-state index is 14.8. The average molecular weight is 775 g/mol. The Hall–Kier alpha value is -4.65. The molecule has 0 saturated carbocycles. The zero-order chi connectivity index (χ0) is 40.0. The summed E-state index contributed by atoms with van der Waals surface area (Å²) in [5.41, 5.74) is 1.23. The summed E-state index contributed by atoms with van der Waals surface area (Å²) in [4.78, 5) is 51.3. The number of ether oxygens (including phenoxy) is 2. The number of carbonyl (C=O) groups excluding carboxylic acids is 3. The number of pyridine rings is 2. The molecular weight excluding hydrogens is 720 g/mol. The van der Waals surface area contributed by atoms with E-state index in [2.05, 4.69) is 34.9 Å². The molecule has 2 unspecified atom stereocenters. The van der Waals surface area contributed by atoms with E-state index in [-0.39, 0.29) is 47.3 Å². The molecule has 0 spiro atoms. The number of nitrogens with one attached hydrogen (secondary N) is 2. The highest BCUT2D eigenvalue weighted by Gasteiger charge is 2.43. The molecule has 2 aromatic heterocycles. The summed E-state index contributed by atoms with van der Waals surface area (Å²) >= 11 is 0.998. The zero-order valence-corrected chi connectivity index (χ0v) is 34.1. The lowest BCUT2D eigenvalue weighted by atomic mass is 9.89. The highest BCUT2D eigenvalue weighted by atomic mass is 32.2.